The van der Waals surface area contributed by atoms with Crippen molar-refractivity contribution in [2.45, 2.75) is 56.1 Å². The van der Waals surface area contributed by atoms with Crippen LogP contribution >= 0.6 is 0 Å². The third-order valence-electron chi connectivity index (χ3n) is 7.20. The smallest absolute Gasteiger partial charge is 0.295 e. The second-order valence-electron chi connectivity index (χ2n) is 10.2. The van der Waals surface area contributed by atoms with Crippen molar-refractivity contribution in [3.63, 3.8) is 0 Å². The molecule has 0 spiro atoms. The highest BCUT2D eigenvalue weighted by Gasteiger charge is 2.34. The molecule has 202 valence electrons. The van der Waals surface area contributed by atoms with Gasteiger partial charge in [0, 0.05) is 31.0 Å². The monoisotopic (exact) mass is 548 g/mol. The summed E-state index contributed by atoms with van der Waals surface area (Å²) in [5, 5.41) is 3.10. The lowest BCUT2D eigenvalue weighted by atomic mass is 10.1. The number of hydrogen-bond donors (Lipinski definition) is 1. The zero-order valence-corrected chi connectivity index (χ0v) is 22.6. The normalized spacial score (nSPS) is 16.3. The lowest BCUT2D eigenvalue weighted by Crippen LogP contribution is -2.29. The van der Waals surface area contributed by atoms with Crippen molar-refractivity contribution in [3.05, 3.63) is 52.5 Å². The molecule has 12 nitrogen and oxygen atoms in total. The van der Waals surface area contributed by atoms with Gasteiger partial charge in [-0.3, -0.25) is 9.36 Å². The lowest BCUT2D eigenvalue weighted by Gasteiger charge is -2.19. The van der Waals surface area contributed by atoms with Gasteiger partial charge in [0.1, 0.15) is 17.4 Å². The number of hydrogen-bond acceptors (Lipinski definition) is 11. The first-order valence-electron chi connectivity index (χ1n) is 12.8. The minimum Gasteiger partial charge on any atom is -0.480 e. The lowest BCUT2D eigenvalue weighted by molar-refractivity contribution is 0.397. The predicted octanol–water partition coefficient (Wildman–Crippen LogP) is 2.91. The van der Waals surface area contributed by atoms with Crippen LogP contribution in [0.3, 0.4) is 0 Å². The fourth-order valence-electron chi connectivity index (χ4n) is 4.74. The third-order valence-corrected chi connectivity index (χ3v) is 8.20. The van der Waals surface area contributed by atoms with Gasteiger partial charge in [-0.25, -0.2) is 38.3 Å². The second kappa shape index (κ2) is 9.63. The number of nitrogens with zero attached hydrogens (tertiary/aromatic N) is 7. The molecule has 6 rings (SSSR count). The van der Waals surface area contributed by atoms with E-state index in [0.29, 0.717) is 45.8 Å². The van der Waals surface area contributed by atoms with Gasteiger partial charge in [0.2, 0.25) is 5.88 Å². The van der Waals surface area contributed by atoms with Gasteiger partial charge in [0.25, 0.3) is 5.56 Å². The van der Waals surface area contributed by atoms with E-state index in [9.17, 15) is 13.2 Å². The topological polar surface area (TPSA) is 155 Å². The molecule has 0 saturated heterocycles. The Kier molecular flexibility index (Phi) is 6.25. The van der Waals surface area contributed by atoms with E-state index < -0.39 is 9.84 Å². The molecular weight excluding hydrogens is 520 g/mol. The Labute approximate surface area is 224 Å². The number of anilines is 1. The standard InChI is InChI=1S/C26H28N8O4S/c1-14(16-5-6-16)34-24-18(12-29-22(33-24)20-21(17-7-8-17)30-13-31-25(20)38-2)32-23(26(34)35)28-11-15-4-9-19(27-10-15)39(3,36)37/h4,9-10,12-14,16-17H,5-8,11H2,1-3H3,(H,28,32). The molecule has 0 radical (unpaired) electrons. The van der Waals surface area contributed by atoms with Crippen LogP contribution in [0.2, 0.25) is 0 Å². The molecule has 4 aromatic heterocycles. The number of rotatable bonds is 9. The Morgan fingerprint density at radius 3 is 2.51 bits per heavy atom. The maximum Gasteiger partial charge on any atom is 0.295 e. The molecule has 2 fully saturated rings. The molecule has 0 aromatic carbocycles. The maximum absolute atomic E-state index is 13.8. The van der Waals surface area contributed by atoms with E-state index in [1.54, 1.807) is 23.9 Å². The summed E-state index contributed by atoms with van der Waals surface area (Å²) in [6.07, 6.45) is 9.84. The Balaban J connectivity index is 1.41. The van der Waals surface area contributed by atoms with Crippen LogP contribution in [0.4, 0.5) is 5.82 Å². The SMILES string of the molecule is COc1ncnc(C2CC2)c1-c1ncc2nc(NCc3ccc(S(C)(=O)=O)nc3)c(=O)n(C(C)C3CC3)c2n1. The molecule has 0 aliphatic heterocycles. The molecule has 39 heavy (non-hydrogen) atoms. The quantitative estimate of drug-likeness (QED) is 0.328. The van der Waals surface area contributed by atoms with Crippen molar-refractivity contribution in [1.29, 1.82) is 0 Å². The van der Waals surface area contributed by atoms with Crippen molar-refractivity contribution in [3.8, 4) is 17.3 Å². The average Bonchev–Trinajstić information content (AvgIpc) is 3.84. The summed E-state index contributed by atoms with van der Waals surface area (Å²) in [6.45, 7) is 2.27. The third kappa shape index (κ3) is 4.93. The number of nitrogens with one attached hydrogen (secondary N) is 1. The van der Waals surface area contributed by atoms with E-state index in [-0.39, 0.29) is 29.0 Å². The summed E-state index contributed by atoms with van der Waals surface area (Å²) in [7, 11) is -1.84. The van der Waals surface area contributed by atoms with Crippen LogP contribution < -0.4 is 15.6 Å². The van der Waals surface area contributed by atoms with E-state index in [2.05, 4.69) is 30.2 Å². The van der Waals surface area contributed by atoms with Crippen molar-refractivity contribution in [2.75, 3.05) is 18.7 Å². The van der Waals surface area contributed by atoms with Crippen LogP contribution in [0.15, 0.2) is 40.7 Å². The van der Waals surface area contributed by atoms with E-state index in [0.717, 1.165) is 37.6 Å². The van der Waals surface area contributed by atoms with Crippen LogP contribution in [0.1, 0.15) is 55.8 Å². The minimum absolute atomic E-state index is 0.00561. The summed E-state index contributed by atoms with van der Waals surface area (Å²) < 4.78 is 30.6. The first-order chi connectivity index (χ1) is 18.7. The molecule has 1 N–H and O–H groups in total. The zero-order chi connectivity index (χ0) is 27.3. The van der Waals surface area contributed by atoms with Crippen LogP contribution in [0.5, 0.6) is 5.88 Å². The van der Waals surface area contributed by atoms with Crippen molar-refractivity contribution in [2.24, 2.45) is 5.92 Å². The summed E-state index contributed by atoms with van der Waals surface area (Å²) in [5.41, 5.74) is 2.85. The molecule has 2 saturated carbocycles. The number of sulfone groups is 1. The van der Waals surface area contributed by atoms with Gasteiger partial charge in [-0.15, -0.1) is 0 Å². The summed E-state index contributed by atoms with van der Waals surface area (Å²) in [5.74, 6) is 1.66. The van der Waals surface area contributed by atoms with Crippen molar-refractivity contribution >= 4 is 26.8 Å². The Bertz CT molecular complexity index is 1730. The minimum atomic E-state index is -3.39. The number of ether oxygens (including phenoxy) is 1. The van der Waals surface area contributed by atoms with Crippen molar-refractivity contribution < 1.29 is 13.2 Å². The fraction of sp³-hybridized carbons (Fsp3) is 0.423. The van der Waals surface area contributed by atoms with Gasteiger partial charge < -0.3 is 10.1 Å². The zero-order valence-electron chi connectivity index (χ0n) is 21.8. The average molecular weight is 549 g/mol. The summed E-state index contributed by atoms with van der Waals surface area (Å²) in [4.78, 5) is 40.6. The van der Waals surface area contributed by atoms with Gasteiger partial charge in [-0.05, 0) is 50.2 Å². The van der Waals surface area contributed by atoms with Gasteiger partial charge in [0.05, 0.1) is 19.0 Å². The molecule has 4 heterocycles. The van der Waals surface area contributed by atoms with Crippen LogP contribution in [0.25, 0.3) is 22.6 Å². The van der Waals surface area contributed by atoms with Crippen LogP contribution in [-0.2, 0) is 16.4 Å². The molecule has 2 aliphatic rings. The molecule has 0 amide bonds. The van der Waals surface area contributed by atoms with E-state index in [4.69, 9.17) is 9.72 Å². The second-order valence-corrected chi connectivity index (χ2v) is 12.1. The molecule has 0 bridgehead atoms. The Hall–Kier alpha value is -4.00. The largest absolute Gasteiger partial charge is 0.480 e. The van der Waals surface area contributed by atoms with Gasteiger partial charge in [-0.2, -0.15) is 0 Å². The Morgan fingerprint density at radius 1 is 1.08 bits per heavy atom. The number of fused-ring (bicyclic) bond motifs is 1. The van der Waals surface area contributed by atoms with E-state index >= 15 is 0 Å². The van der Waals surface area contributed by atoms with Gasteiger partial charge >= 0.3 is 0 Å². The first kappa shape index (κ1) is 25.3. The molecule has 4 aromatic rings. The van der Waals surface area contributed by atoms with Crippen LogP contribution in [-0.4, -0.2) is 56.3 Å². The summed E-state index contributed by atoms with van der Waals surface area (Å²) in [6, 6.07) is 3.02. The Morgan fingerprint density at radius 2 is 1.87 bits per heavy atom. The number of methoxy groups -OCH3 is 1. The first-order valence-corrected chi connectivity index (χ1v) is 14.7. The molecule has 13 heteroatoms. The maximum atomic E-state index is 13.8. The predicted molar refractivity (Wildman–Crippen MR) is 143 cm³/mol. The van der Waals surface area contributed by atoms with Crippen LogP contribution in [0, 0.1) is 5.92 Å². The van der Waals surface area contributed by atoms with Gasteiger partial charge in [0.15, 0.2) is 32.2 Å². The highest BCUT2D eigenvalue weighted by Crippen LogP contribution is 2.45. The van der Waals surface area contributed by atoms with E-state index in [1.165, 1.54) is 18.6 Å². The molecule has 1 unspecified atom stereocenters. The number of aromatic nitrogens is 7. The van der Waals surface area contributed by atoms with E-state index in [1.807, 2.05) is 6.92 Å². The fourth-order valence-corrected chi connectivity index (χ4v) is 5.30. The molecular formula is C26H28N8O4S. The summed E-state index contributed by atoms with van der Waals surface area (Å²) >= 11 is 0. The van der Waals surface area contributed by atoms with Gasteiger partial charge in [-0.1, -0.05) is 6.07 Å². The highest BCUT2D eigenvalue weighted by molar-refractivity contribution is 7.90. The number of pyridine rings is 1. The van der Waals surface area contributed by atoms with Crippen molar-refractivity contribution in [1.82, 2.24) is 34.5 Å². The highest BCUT2D eigenvalue weighted by atomic mass is 32.2. The molecule has 2 aliphatic carbocycles. The molecule has 1 atom stereocenters.